The van der Waals surface area contributed by atoms with Crippen LogP contribution >= 0.6 is 11.3 Å². The number of hydrogen-bond donors (Lipinski definition) is 1. The summed E-state index contributed by atoms with van der Waals surface area (Å²) in [5, 5.41) is 0.425. The number of rotatable bonds is 6. The van der Waals surface area contributed by atoms with Crippen LogP contribution < -0.4 is 11.3 Å². The second-order valence-corrected chi connectivity index (χ2v) is 8.70. The fourth-order valence-electron chi connectivity index (χ4n) is 3.69. The standard InChI is InChI=1S/C20H27N3O4S/c1-11(2)17-22-18-15(19(25)23(17)10-9-14(21)24)12(3)16(28-18)20(26)27-13-7-5-4-6-8-13/h11,13H,4-10H2,1-3H3,(H2,21,24). The maximum atomic E-state index is 13.1. The summed E-state index contributed by atoms with van der Waals surface area (Å²) in [4.78, 5) is 42.7. The number of hydrogen-bond acceptors (Lipinski definition) is 6. The Bertz CT molecular complexity index is 954. The topological polar surface area (TPSA) is 104 Å². The second-order valence-electron chi connectivity index (χ2n) is 7.70. The van der Waals surface area contributed by atoms with Gasteiger partial charge >= 0.3 is 5.97 Å². The fraction of sp³-hybridized carbons (Fsp3) is 0.600. The normalized spacial score (nSPS) is 15.3. The van der Waals surface area contributed by atoms with Crippen molar-refractivity contribution in [1.29, 1.82) is 0 Å². The van der Waals surface area contributed by atoms with Crippen LogP contribution in [0, 0.1) is 6.92 Å². The van der Waals surface area contributed by atoms with Gasteiger partial charge in [0.1, 0.15) is 21.6 Å². The molecule has 1 aliphatic carbocycles. The number of thiophene rings is 1. The average molecular weight is 406 g/mol. The first-order chi connectivity index (χ1) is 13.3. The van der Waals surface area contributed by atoms with Crippen molar-refractivity contribution >= 4 is 33.4 Å². The highest BCUT2D eigenvalue weighted by atomic mass is 32.1. The van der Waals surface area contributed by atoms with Crippen molar-refractivity contribution in [2.75, 3.05) is 0 Å². The molecule has 0 radical (unpaired) electrons. The van der Waals surface area contributed by atoms with Gasteiger partial charge in [0.05, 0.1) is 5.39 Å². The van der Waals surface area contributed by atoms with Crippen molar-refractivity contribution in [1.82, 2.24) is 9.55 Å². The minimum absolute atomic E-state index is 0.00924. The largest absolute Gasteiger partial charge is 0.458 e. The summed E-state index contributed by atoms with van der Waals surface area (Å²) in [6, 6.07) is 0. The molecular weight excluding hydrogens is 378 g/mol. The predicted octanol–water partition coefficient (Wildman–Crippen LogP) is 3.25. The van der Waals surface area contributed by atoms with Crippen LogP contribution in [0.1, 0.15) is 79.3 Å². The molecule has 7 nitrogen and oxygen atoms in total. The molecule has 2 heterocycles. The molecule has 28 heavy (non-hydrogen) atoms. The van der Waals surface area contributed by atoms with Crippen molar-refractivity contribution in [3.8, 4) is 0 Å². The molecule has 3 rings (SSSR count). The van der Waals surface area contributed by atoms with Crippen LogP contribution in [0.4, 0.5) is 0 Å². The molecule has 0 atom stereocenters. The summed E-state index contributed by atoms with van der Waals surface area (Å²) in [5.74, 6) is -0.265. The van der Waals surface area contributed by atoms with E-state index in [0.717, 1.165) is 25.7 Å². The molecule has 2 aromatic rings. The van der Waals surface area contributed by atoms with Crippen LogP contribution in [0.25, 0.3) is 10.2 Å². The van der Waals surface area contributed by atoms with Crippen LogP contribution in [0.5, 0.6) is 0 Å². The van der Waals surface area contributed by atoms with E-state index < -0.39 is 5.91 Å². The zero-order valence-corrected chi connectivity index (χ0v) is 17.4. The van der Waals surface area contributed by atoms with Crippen molar-refractivity contribution < 1.29 is 14.3 Å². The summed E-state index contributed by atoms with van der Waals surface area (Å²) in [6.45, 7) is 5.81. The minimum atomic E-state index is -0.472. The van der Waals surface area contributed by atoms with Gasteiger partial charge in [-0.05, 0) is 38.2 Å². The first kappa shape index (κ1) is 20.5. The van der Waals surface area contributed by atoms with Gasteiger partial charge in [-0.2, -0.15) is 0 Å². The lowest BCUT2D eigenvalue weighted by atomic mass is 9.98. The van der Waals surface area contributed by atoms with E-state index in [0.29, 0.717) is 26.5 Å². The third-order valence-electron chi connectivity index (χ3n) is 5.19. The van der Waals surface area contributed by atoms with Crippen molar-refractivity contribution in [2.24, 2.45) is 5.73 Å². The first-order valence-corrected chi connectivity index (χ1v) is 10.6. The van der Waals surface area contributed by atoms with Gasteiger partial charge in [0.25, 0.3) is 5.56 Å². The third-order valence-corrected chi connectivity index (χ3v) is 6.36. The smallest absolute Gasteiger partial charge is 0.348 e. The Balaban J connectivity index is 2.01. The number of aromatic nitrogens is 2. The van der Waals surface area contributed by atoms with Gasteiger partial charge in [-0.15, -0.1) is 11.3 Å². The second kappa shape index (κ2) is 8.43. The zero-order chi connectivity index (χ0) is 20.4. The molecule has 0 spiro atoms. The lowest BCUT2D eigenvalue weighted by molar-refractivity contribution is -0.118. The SMILES string of the molecule is Cc1c(C(=O)OC2CCCCC2)sc2nc(C(C)C)n(CCC(N)=O)c(=O)c12. The van der Waals surface area contributed by atoms with E-state index in [1.807, 2.05) is 13.8 Å². The zero-order valence-electron chi connectivity index (χ0n) is 16.6. The van der Waals surface area contributed by atoms with Gasteiger partial charge in [0, 0.05) is 18.9 Å². The summed E-state index contributed by atoms with van der Waals surface area (Å²) in [6.07, 6.45) is 5.14. The van der Waals surface area contributed by atoms with Gasteiger partial charge in [0.15, 0.2) is 0 Å². The molecule has 1 amide bonds. The number of carbonyl (C=O) groups excluding carboxylic acids is 2. The molecule has 0 aliphatic heterocycles. The highest BCUT2D eigenvalue weighted by Gasteiger charge is 2.25. The summed E-state index contributed by atoms with van der Waals surface area (Å²) in [7, 11) is 0. The van der Waals surface area contributed by atoms with E-state index >= 15 is 0 Å². The van der Waals surface area contributed by atoms with Crippen LogP contribution in [0.15, 0.2) is 4.79 Å². The van der Waals surface area contributed by atoms with E-state index in [1.165, 1.54) is 22.3 Å². The van der Waals surface area contributed by atoms with Crippen molar-refractivity contribution in [3.05, 3.63) is 26.6 Å². The molecule has 0 saturated heterocycles. The number of amides is 1. The van der Waals surface area contributed by atoms with Crippen molar-refractivity contribution in [3.63, 3.8) is 0 Å². The highest BCUT2D eigenvalue weighted by molar-refractivity contribution is 7.20. The molecule has 0 bridgehead atoms. The number of nitrogens with zero attached hydrogens (tertiary/aromatic N) is 2. The molecular formula is C20H27N3O4S. The van der Waals surface area contributed by atoms with Gasteiger partial charge in [-0.1, -0.05) is 20.3 Å². The minimum Gasteiger partial charge on any atom is -0.458 e. The molecule has 2 N–H and O–H groups in total. The number of nitrogens with two attached hydrogens (primary N) is 1. The van der Waals surface area contributed by atoms with Crippen LogP contribution in [0.2, 0.25) is 0 Å². The molecule has 1 aliphatic rings. The Hall–Kier alpha value is -2.22. The van der Waals surface area contributed by atoms with Gasteiger partial charge in [-0.25, -0.2) is 9.78 Å². The molecule has 152 valence electrons. The highest BCUT2D eigenvalue weighted by Crippen LogP contribution is 2.30. The lowest BCUT2D eigenvalue weighted by Gasteiger charge is -2.21. The third kappa shape index (κ3) is 4.11. The quantitative estimate of drug-likeness (QED) is 0.743. The number of esters is 1. The van der Waals surface area contributed by atoms with E-state index in [2.05, 4.69) is 4.98 Å². The van der Waals surface area contributed by atoms with E-state index in [-0.39, 0.29) is 36.5 Å². The molecule has 1 saturated carbocycles. The number of carbonyl (C=O) groups is 2. The van der Waals surface area contributed by atoms with E-state index in [4.69, 9.17) is 10.5 Å². The number of primary amides is 1. The first-order valence-electron chi connectivity index (χ1n) is 9.82. The Morgan fingerprint density at radius 1 is 1.29 bits per heavy atom. The predicted molar refractivity (Wildman–Crippen MR) is 109 cm³/mol. The van der Waals surface area contributed by atoms with Gasteiger partial charge in [-0.3, -0.25) is 14.2 Å². The van der Waals surface area contributed by atoms with E-state index in [1.54, 1.807) is 6.92 Å². The van der Waals surface area contributed by atoms with Crippen molar-refractivity contribution in [2.45, 2.75) is 77.9 Å². The molecule has 8 heteroatoms. The van der Waals surface area contributed by atoms with Crippen LogP contribution in [0.3, 0.4) is 0 Å². The maximum Gasteiger partial charge on any atom is 0.348 e. The number of ether oxygens (including phenoxy) is 1. The number of aryl methyl sites for hydroxylation is 1. The van der Waals surface area contributed by atoms with Gasteiger partial charge < -0.3 is 10.5 Å². The monoisotopic (exact) mass is 405 g/mol. The van der Waals surface area contributed by atoms with E-state index in [9.17, 15) is 14.4 Å². The molecule has 1 fully saturated rings. The Kier molecular flexibility index (Phi) is 6.17. The fourth-order valence-corrected chi connectivity index (χ4v) is 4.76. The Morgan fingerprint density at radius 2 is 1.96 bits per heavy atom. The lowest BCUT2D eigenvalue weighted by Crippen LogP contribution is -2.28. The summed E-state index contributed by atoms with van der Waals surface area (Å²) >= 11 is 1.21. The average Bonchev–Trinajstić information content (AvgIpc) is 2.98. The Morgan fingerprint density at radius 3 is 2.57 bits per heavy atom. The van der Waals surface area contributed by atoms with Crippen LogP contribution in [-0.2, 0) is 16.1 Å². The number of fused-ring (bicyclic) bond motifs is 1. The summed E-state index contributed by atoms with van der Waals surface area (Å²) < 4.78 is 7.20. The molecule has 2 aromatic heterocycles. The summed E-state index contributed by atoms with van der Waals surface area (Å²) in [5.41, 5.74) is 5.62. The molecule has 0 unspecified atom stereocenters. The van der Waals surface area contributed by atoms with Crippen LogP contribution in [-0.4, -0.2) is 27.5 Å². The van der Waals surface area contributed by atoms with Gasteiger partial charge in [0.2, 0.25) is 5.91 Å². The maximum absolute atomic E-state index is 13.1. The molecule has 0 aromatic carbocycles. The Labute approximate surface area is 167 Å².